The van der Waals surface area contributed by atoms with E-state index in [0.717, 1.165) is 33.8 Å². The van der Waals surface area contributed by atoms with Gasteiger partial charge in [0.25, 0.3) is 0 Å². The Kier molecular flexibility index (Phi) is 1.75. The SMILES string of the molecule is O=C1C=CCc2c1ncc1c2[nH]c2ccccc21. The molecule has 86 valence electrons. The van der Waals surface area contributed by atoms with Gasteiger partial charge in [-0.25, -0.2) is 0 Å². The summed E-state index contributed by atoms with van der Waals surface area (Å²) in [4.78, 5) is 19.5. The fourth-order valence-electron chi connectivity index (χ4n) is 2.63. The molecule has 0 radical (unpaired) electrons. The van der Waals surface area contributed by atoms with Crippen LogP contribution in [0, 0.1) is 0 Å². The Labute approximate surface area is 103 Å². The standard InChI is InChI=1S/C15H10N2O/c18-13-7-3-5-10-14-11(8-16-15(10)13)9-4-1-2-6-12(9)17-14/h1-4,6-8,17H,5H2. The van der Waals surface area contributed by atoms with Gasteiger partial charge in [0.2, 0.25) is 5.78 Å². The van der Waals surface area contributed by atoms with E-state index in [4.69, 9.17) is 0 Å². The summed E-state index contributed by atoms with van der Waals surface area (Å²) in [7, 11) is 0. The van der Waals surface area contributed by atoms with Gasteiger partial charge in [-0.05, 0) is 18.6 Å². The Morgan fingerprint density at radius 3 is 3.00 bits per heavy atom. The van der Waals surface area contributed by atoms with Gasteiger partial charge in [0, 0.05) is 28.0 Å². The van der Waals surface area contributed by atoms with Crippen LogP contribution in [0.4, 0.5) is 0 Å². The molecule has 0 aliphatic heterocycles. The maximum absolute atomic E-state index is 11.8. The summed E-state index contributed by atoms with van der Waals surface area (Å²) in [5.41, 5.74) is 3.72. The minimum absolute atomic E-state index is 0.00296. The predicted octanol–water partition coefficient (Wildman–Crippen LogP) is 3.01. The number of para-hydroxylation sites is 1. The van der Waals surface area contributed by atoms with Crippen LogP contribution in [0.25, 0.3) is 21.8 Å². The minimum Gasteiger partial charge on any atom is -0.354 e. The minimum atomic E-state index is -0.00296. The van der Waals surface area contributed by atoms with E-state index in [1.165, 1.54) is 0 Å². The number of H-pyrrole nitrogens is 1. The molecule has 1 aliphatic carbocycles. The van der Waals surface area contributed by atoms with Crippen LogP contribution in [-0.2, 0) is 6.42 Å². The molecule has 3 aromatic rings. The Bertz CT molecular complexity index is 827. The molecule has 0 amide bonds. The van der Waals surface area contributed by atoms with Crippen molar-refractivity contribution in [2.45, 2.75) is 6.42 Å². The zero-order valence-corrected chi connectivity index (χ0v) is 9.60. The highest BCUT2D eigenvalue weighted by molar-refractivity contribution is 6.13. The first kappa shape index (κ1) is 9.59. The number of carbonyl (C=O) groups is 1. The van der Waals surface area contributed by atoms with E-state index in [1.807, 2.05) is 24.3 Å². The van der Waals surface area contributed by atoms with Gasteiger partial charge in [-0.15, -0.1) is 0 Å². The average molecular weight is 234 g/mol. The van der Waals surface area contributed by atoms with E-state index in [2.05, 4.69) is 16.0 Å². The lowest BCUT2D eigenvalue weighted by Crippen LogP contribution is -2.08. The number of aromatic nitrogens is 2. The summed E-state index contributed by atoms with van der Waals surface area (Å²) in [5, 5.41) is 2.25. The number of ketones is 1. The van der Waals surface area contributed by atoms with Gasteiger partial charge in [-0.1, -0.05) is 24.3 Å². The molecule has 2 aromatic heterocycles. The molecule has 2 heterocycles. The summed E-state index contributed by atoms with van der Waals surface area (Å²) >= 11 is 0. The largest absolute Gasteiger partial charge is 0.354 e. The van der Waals surface area contributed by atoms with Gasteiger partial charge in [0.15, 0.2) is 0 Å². The van der Waals surface area contributed by atoms with Crippen molar-refractivity contribution in [2.75, 3.05) is 0 Å². The smallest absolute Gasteiger partial charge is 0.204 e. The zero-order valence-electron chi connectivity index (χ0n) is 9.60. The van der Waals surface area contributed by atoms with Crippen molar-refractivity contribution in [3.05, 3.63) is 53.9 Å². The van der Waals surface area contributed by atoms with E-state index in [-0.39, 0.29) is 5.78 Å². The van der Waals surface area contributed by atoms with Gasteiger partial charge in [-0.2, -0.15) is 0 Å². The van der Waals surface area contributed by atoms with Crippen molar-refractivity contribution in [2.24, 2.45) is 0 Å². The lowest BCUT2D eigenvalue weighted by Gasteiger charge is -2.09. The van der Waals surface area contributed by atoms with Crippen molar-refractivity contribution >= 4 is 27.6 Å². The zero-order chi connectivity index (χ0) is 12.1. The number of fused-ring (bicyclic) bond motifs is 5. The molecule has 0 saturated heterocycles. The molecule has 18 heavy (non-hydrogen) atoms. The summed E-state index contributed by atoms with van der Waals surface area (Å²) in [6, 6.07) is 8.13. The molecule has 0 unspecified atom stereocenters. The molecule has 1 aromatic carbocycles. The Hall–Kier alpha value is -2.42. The number of rotatable bonds is 0. The van der Waals surface area contributed by atoms with Crippen molar-refractivity contribution in [3.8, 4) is 0 Å². The number of hydrogen-bond donors (Lipinski definition) is 1. The van der Waals surface area contributed by atoms with Crippen LogP contribution in [0.1, 0.15) is 16.1 Å². The fraction of sp³-hybridized carbons (Fsp3) is 0.0667. The Morgan fingerprint density at radius 2 is 2.06 bits per heavy atom. The van der Waals surface area contributed by atoms with E-state index >= 15 is 0 Å². The van der Waals surface area contributed by atoms with Crippen LogP contribution >= 0.6 is 0 Å². The Morgan fingerprint density at radius 1 is 1.17 bits per heavy atom. The lowest BCUT2D eigenvalue weighted by atomic mass is 9.99. The fourth-order valence-corrected chi connectivity index (χ4v) is 2.63. The molecule has 0 spiro atoms. The number of nitrogens with zero attached hydrogens (tertiary/aromatic N) is 1. The molecule has 1 N–H and O–H groups in total. The number of nitrogens with one attached hydrogen (secondary N) is 1. The van der Waals surface area contributed by atoms with Gasteiger partial charge in [-0.3, -0.25) is 9.78 Å². The number of carbonyl (C=O) groups excluding carboxylic acids is 1. The topological polar surface area (TPSA) is 45.8 Å². The second-order valence-electron chi connectivity index (χ2n) is 4.52. The molecule has 0 atom stereocenters. The van der Waals surface area contributed by atoms with Gasteiger partial charge >= 0.3 is 0 Å². The van der Waals surface area contributed by atoms with Crippen molar-refractivity contribution in [1.29, 1.82) is 0 Å². The van der Waals surface area contributed by atoms with E-state index in [9.17, 15) is 4.79 Å². The molecular weight excluding hydrogens is 224 g/mol. The van der Waals surface area contributed by atoms with Crippen LogP contribution in [-0.4, -0.2) is 15.8 Å². The second-order valence-corrected chi connectivity index (χ2v) is 4.52. The van der Waals surface area contributed by atoms with Crippen LogP contribution in [0.15, 0.2) is 42.6 Å². The normalized spacial score (nSPS) is 14.3. The van der Waals surface area contributed by atoms with Crippen molar-refractivity contribution in [3.63, 3.8) is 0 Å². The summed E-state index contributed by atoms with van der Waals surface area (Å²) in [6.07, 6.45) is 6.06. The number of hydrogen-bond acceptors (Lipinski definition) is 2. The predicted molar refractivity (Wildman–Crippen MR) is 70.8 cm³/mol. The molecular formula is C15H10N2O. The maximum atomic E-state index is 11.8. The number of pyridine rings is 1. The highest BCUT2D eigenvalue weighted by Gasteiger charge is 2.18. The third kappa shape index (κ3) is 1.13. The van der Waals surface area contributed by atoms with Gasteiger partial charge in [0.05, 0.1) is 5.52 Å². The first-order valence-corrected chi connectivity index (χ1v) is 5.94. The van der Waals surface area contributed by atoms with Gasteiger partial charge < -0.3 is 4.98 Å². The third-order valence-corrected chi connectivity index (χ3v) is 3.48. The van der Waals surface area contributed by atoms with Crippen LogP contribution in [0.2, 0.25) is 0 Å². The second kappa shape index (κ2) is 3.29. The van der Waals surface area contributed by atoms with Gasteiger partial charge in [0.1, 0.15) is 5.69 Å². The van der Waals surface area contributed by atoms with Crippen LogP contribution in [0.5, 0.6) is 0 Å². The van der Waals surface area contributed by atoms with Crippen molar-refractivity contribution < 1.29 is 4.79 Å². The molecule has 3 nitrogen and oxygen atoms in total. The monoisotopic (exact) mass is 234 g/mol. The molecule has 0 fully saturated rings. The van der Waals surface area contributed by atoms with E-state index < -0.39 is 0 Å². The summed E-state index contributed by atoms with van der Waals surface area (Å²) in [6.45, 7) is 0. The maximum Gasteiger partial charge on any atom is 0.204 e. The highest BCUT2D eigenvalue weighted by Crippen LogP contribution is 2.30. The Balaban J connectivity index is 2.19. The number of allylic oxidation sites excluding steroid dienone is 2. The molecule has 4 rings (SSSR count). The third-order valence-electron chi connectivity index (χ3n) is 3.48. The lowest BCUT2D eigenvalue weighted by molar-refractivity contribution is 0.104. The van der Waals surface area contributed by atoms with E-state index in [1.54, 1.807) is 12.3 Å². The highest BCUT2D eigenvalue weighted by atomic mass is 16.1. The van der Waals surface area contributed by atoms with Crippen LogP contribution in [0.3, 0.4) is 0 Å². The van der Waals surface area contributed by atoms with Crippen molar-refractivity contribution in [1.82, 2.24) is 9.97 Å². The molecule has 1 aliphatic rings. The number of benzene rings is 1. The summed E-state index contributed by atoms with van der Waals surface area (Å²) in [5.74, 6) is -0.00296. The number of aromatic amines is 1. The average Bonchev–Trinajstić information content (AvgIpc) is 2.78. The van der Waals surface area contributed by atoms with E-state index in [0.29, 0.717) is 5.69 Å². The molecule has 0 bridgehead atoms. The quantitative estimate of drug-likeness (QED) is 0.650. The molecule has 0 saturated carbocycles. The molecule has 3 heteroatoms. The van der Waals surface area contributed by atoms with Crippen LogP contribution < -0.4 is 0 Å². The summed E-state index contributed by atoms with van der Waals surface area (Å²) < 4.78 is 0. The first-order valence-electron chi connectivity index (χ1n) is 5.94. The first-order chi connectivity index (χ1) is 8.84.